The summed E-state index contributed by atoms with van der Waals surface area (Å²) in [5, 5.41) is 8.71. The van der Waals surface area contributed by atoms with Gasteiger partial charge in [0.25, 0.3) is 0 Å². The van der Waals surface area contributed by atoms with E-state index in [2.05, 4.69) is 15.9 Å². The maximum atomic E-state index is 11.5. The Labute approximate surface area is 95.2 Å². The van der Waals surface area contributed by atoms with Gasteiger partial charge in [0, 0.05) is 4.47 Å². The molecule has 3 nitrogen and oxygen atoms in total. The monoisotopic (exact) mass is 268 g/mol. The molecule has 15 heavy (non-hydrogen) atoms. The molecule has 1 aromatic rings. The van der Waals surface area contributed by atoms with Crippen LogP contribution in [0.4, 0.5) is 0 Å². The minimum Gasteiger partial charge on any atom is -0.475 e. The fourth-order valence-electron chi connectivity index (χ4n) is 1.75. The molecule has 0 unspecified atom stereocenters. The second-order valence-corrected chi connectivity index (χ2v) is 4.64. The number of ketones is 1. The van der Waals surface area contributed by atoms with Crippen LogP contribution in [0, 0.1) is 0 Å². The zero-order valence-electron chi connectivity index (χ0n) is 7.87. The van der Waals surface area contributed by atoms with Crippen LogP contribution >= 0.6 is 15.9 Å². The third-order valence-electron chi connectivity index (χ3n) is 2.78. The molecular formula is C11H9BrO3. The number of halogens is 1. The highest BCUT2D eigenvalue weighted by molar-refractivity contribution is 9.10. The van der Waals surface area contributed by atoms with Gasteiger partial charge in [0.2, 0.25) is 5.78 Å². The van der Waals surface area contributed by atoms with Crippen molar-refractivity contribution in [3.8, 4) is 0 Å². The lowest BCUT2D eigenvalue weighted by atomic mass is 9.91. The zero-order valence-corrected chi connectivity index (χ0v) is 9.45. The molecule has 0 heterocycles. The lowest BCUT2D eigenvalue weighted by Gasteiger charge is -2.11. The van der Waals surface area contributed by atoms with Crippen LogP contribution in [-0.2, 0) is 15.0 Å². The van der Waals surface area contributed by atoms with Crippen molar-refractivity contribution < 1.29 is 14.7 Å². The summed E-state index contributed by atoms with van der Waals surface area (Å²) in [6, 6.07) is 7.25. The number of aliphatic carboxylic acids is 1. The maximum absolute atomic E-state index is 11.5. The van der Waals surface area contributed by atoms with Crippen LogP contribution in [0.2, 0.25) is 0 Å². The number of carboxylic acids is 1. The summed E-state index contributed by atoms with van der Waals surface area (Å²) in [4.78, 5) is 22.2. The molecule has 0 aliphatic heterocycles. The van der Waals surface area contributed by atoms with Crippen molar-refractivity contribution in [2.45, 2.75) is 18.3 Å². The predicted molar refractivity (Wildman–Crippen MR) is 57.7 cm³/mol. The SMILES string of the molecule is O=C(O)C(=O)C1(c2ccc(Br)cc2)CC1. The second-order valence-electron chi connectivity index (χ2n) is 3.72. The van der Waals surface area contributed by atoms with E-state index >= 15 is 0 Å². The maximum Gasteiger partial charge on any atom is 0.373 e. The van der Waals surface area contributed by atoms with E-state index in [9.17, 15) is 9.59 Å². The second kappa shape index (κ2) is 3.45. The van der Waals surface area contributed by atoms with Crippen molar-refractivity contribution in [2.75, 3.05) is 0 Å². The van der Waals surface area contributed by atoms with Crippen LogP contribution < -0.4 is 0 Å². The van der Waals surface area contributed by atoms with Crippen molar-refractivity contribution in [3.05, 3.63) is 34.3 Å². The lowest BCUT2D eigenvalue weighted by Crippen LogP contribution is -2.28. The molecule has 1 saturated carbocycles. The first kappa shape index (κ1) is 10.4. The fourth-order valence-corrected chi connectivity index (χ4v) is 2.01. The van der Waals surface area contributed by atoms with E-state index < -0.39 is 17.2 Å². The minimum atomic E-state index is -1.34. The molecule has 78 valence electrons. The van der Waals surface area contributed by atoms with Gasteiger partial charge >= 0.3 is 5.97 Å². The third kappa shape index (κ3) is 1.69. The first-order valence-electron chi connectivity index (χ1n) is 4.60. The summed E-state index contributed by atoms with van der Waals surface area (Å²) in [7, 11) is 0. The number of hydrogen-bond acceptors (Lipinski definition) is 2. The highest BCUT2D eigenvalue weighted by Crippen LogP contribution is 2.49. The Morgan fingerprint density at radius 3 is 2.13 bits per heavy atom. The number of hydrogen-bond donors (Lipinski definition) is 1. The standard InChI is InChI=1S/C11H9BrO3/c12-8-3-1-7(2-4-8)11(5-6-11)9(13)10(14)15/h1-4H,5-6H2,(H,14,15). The summed E-state index contributed by atoms with van der Waals surface area (Å²) in [6.07, 6.45) is 1.28. The van der Waals surface area contributed by atoms with Crippen LogP contribution in [0.1, 0.15) is 18.4 Å². The Balaban J connectivity index is 2.34. The normalized spacial score (nSPS) is 17.1. The molecule has 1 fully saturated rings. The summed E-state index contributed by atoms with van der Waals surface area (Å²) in [5.74, 6) is -2.03. The smallest absolute Gasteiger partial charge is 0.373 e. The molecule has 1 aliphatic carbocycles. The van der Waals surface area contributed by atoms with Crippen molar-refractivity contribution in [3.63, 3.8) is 0 Å². The van der Waals surface area contributed by atoms with Crippen LogP contribution in [0.15, 0.2) is 28.7 Å². The van der Waals surface area contributed by atoms with Crippen molar-refractivity contribution >= 4 is 27.7 Å². The van der Waals surface area contributed by atoms with E-state index in [1.807, 2.05) is 12.1 Å². The Morgan fingerprint density at radius 2 is 1.73 bits per heavy atom. The lowest BCUT2D eigenvalue weighted by molar-refractivity contribution is -0.150. The van der Waals surface area contributed by atoms with Gasteiger partial charge in [-0.15, -0.1) is 0 Å². The topological polar surface area (TPSA) is 54.4 Å². The van der Waals surface area contributed by atoms with E-state index in [4.69, 9.17) is 5.11 Å². The molecule has 1 N–H and O–H groups in total. The number of rotatable bonds is 3. The largest absolute Gasteiger partial charge is 0.475 e. The van der Waals surface area contributed by atoms with E-state index in [-0.39, 0.29) is 0 Å². The van der Waals surface area contributed by atoms with Crippen LogP contribution in [-0.4, -0.2) is 16.9 Å². The van der Waals surface area contributed by atoms with Crippen molar-refractivity contribution in [1.82, 2.24) is 0 Å². The van der Waals surface area contributed by atoms with Gasteiger partial charge in [-0.2, -0.15) is 0 Å². The number of carbonyl (C=O) groups is 2. The molecule has 2 rings (SSSR count). The molecule has 0 radical (unpaired) electrons. The number of benzene rings is 1. The summed E-state index contributed by atoms with van der Waals surface area (Å²) >= 11 is 3.30. The molecule has 0 atom stereocenters. The first-order chi connectivity index (χ1) is 7.06. The van der Waals surface area contributed by atoms with Crippen molar-refractivity contribution in [1.29, 1.82) is 0 Å². The van der Waals surface area contributed by atoms with Crippen molar-refractivity contribution in [2.24, 2.45) is 0 Å². The fraction of sp³-hybridized carbons (Fsp3) is 0.273. The first-order valence-corrected chi connectivity index (χ1v) is 5.39. The molecule has 0 spiro atoms. The molecule has 0 amide bonds. The molecular weight excluding hydrogens is 260 g/mol. The zero-order chi connectivity index (χ0) is 11.1. The van der Waals surface area contributed by atoms with Crippen LogP contribution in [0.5, 0.6) is 0 Å². The van der Waals surface area contributed by atoms with Gasteiger partial charge in [0.1, 0.15) is 0 Å². The number of Topliss-reactive ketones (excluding diaryl/α,β-unsaturated/α-hetero) is 1. The molecule has 1 aromatic carbocycles. The minimum absolute atomic E-state index is 0.639. The Kier molecular flexibility index (Phi) is 2.38. The highest BCUT2D eigenvalue weighted by atomic mass is 79.9. The van der Waals surface area contributed by atoms with Crippen LogP contribution in [0.25, 0.3) is 0 Å². The third-order valence-corrected chi connectivity index (χ3v) is 3.30. The van der Waals surface area contributed by atoms with E-state index in [1.165, 1.54) is 0 Å². The Morgan fingerprint density at radius 1 is 1.20 bits per heavy atom. The van der Waals surface area contributed by atoms with E-state index in [0.29, 0.717) is 12.8 Å². The molecule has 0 aromatic heterocycles. The van der Waals surface area contributed by atoms with Crippen LogP contribution in [0.3, 0.4) is 0 Å². The van der Waals surface area contributed by atoms with Gasteiger partial charge in [0.05, 0.1) is 5.41 Å². The molecule has 1 aliphatic rings. The van der Waals surface area contributed by atoms with Gasteiger partial charge in [0.15, 0.2) is 0 Å². The van der Waals surface area contributed by atoms with Gasteiger partial charge < -0.3 is 5.11 Å². The molecule has 0 saturated heterocycles. The highest BCUT2D eigenvalue weighted by Gasteiger charge is 2.53. The van der Waals surface area contributed by atoms with E-state index in [0.717, 1.165) is 10.0 Å². The van der Waals surface area contributed by atoms with Gasteiger partial charge in [-0.05, 0) is 30.5 Å². The average Bonchev–Trinajstić information content (AvgIpc) is 2.99. The molecule has 4 heteroatoms. The van der Waals surface area contributed by atoms with Gasteiger partial charge in [-0.1, -0.05) is 28.1 Å². The summed E-state index contributed by atoms with van der Waals surface area (Å²) in [6.45, 7) is 0. The number of carboxylic acid groups (broad SMARTS) is 1. The van der Waals surface area contributed by atoms with Gasteiger partial charge in [-0.3, -0.25) is 4.79 Å². The Bertz CT molecular complexity index is 418. The predicted octanol–water partition coefficient (Wildman–Crippen LogP) is 2.13. The Hall–Kier alpha value is -1.16. The van der Waals surface area contributed by atoms with Gasteiger partial charge in [-0.25, -0.2) is 4.79 Å². The van der Waals surface area contributed by atoms with E-state index in [1.54, 1.807) is 12.1 Å². The average molecular weight is 269 g/mol. The molecule has 0 bridgehead atoms. The summed E-state index contributed by atoms with van der Waals surface area (Å²) in [5.41, 5.74) is 0.0603. The quantitative estimate of drug-likeness (QED) is 0.855. The summed E-state index contributed by atoms with van der Waals surface area (Å²) < 4.78 is 0.921. The number of carbonyl (C=O) groups excluding carboxylic acids is 1.